The van der Waals surface area contributed by atoms with Crippen molar-refractivity contribution in [2.24, 2.45) is 5.73 Å². The molecule has 29 heavy (non-hydrogen) atoms. The van der Waals surface area contributed by atoms with Crippen LogP contribution in [0.1, 0.15) is 51.1 Å². The Hall–Kier alpha value is -2.04. The van der Waals surface area contributed by atoms with E-state index in [4.69, 9.17) is 15.2 Å². The Morgan fingerprint density at radius 1 is 1.34 bits per heavy atom. The maximum absolute atomic E-state index is 12.1. The van der Waals surface area contributed by atoms with Crippen LogP contribution in [0.15, 0.2) is 6.08 Å². The third-order valence-corrected chi connectivity index (χ3v) is 5.42. The van der Waals surface area contributed by atoms with Crippen molar-refractivity contribution in [2.75, 3.05) is 33.5 Å². The number of amides is 1. The number of aromatic nitrogens is 2. The molecule has 0 saturated carbocycles. The van der Waals surface area contributed by atoms with Crippen molar-refractivity contribution in [1.29, 1.82) is 0 Å². The van der Waals surface area contributed by atoms with Crippen LogP contribution < -0.4 is 16.2 Å². The van der Waals surface area contributed by atoms with E-state index in [1.165, 1.54) is 12.8 Å². The van der Waals surface area contributed by atoms with E-state index in [1.807, 2.05) is 7.05 Å². The lowest BCUT2D eigenvalue weighted by Gasteiger charge is -2.36. The van der Waals surface area contributed by atoms with Gasteiger partial charge in [-0.15, -0.1) is 4.37 Å². The molecule has 2 rings (SSSR count). The molecule has 1 amide bonds. The molecule has 0 aliphatic carbocycles. The molecule has 0 spiro atoms. The first kappa shape index (κ1) is 23.2. The van der Waals surface area contributed by atoms with Crippen LogP contribution in [0.4, 0.5) is 0 Å². The number of ether oxygens (including phenoxy) is 2. The van der Waals surface area contributed by atoms with Crippen LogP contribution in [0.5, 0.6) is 5.88 Å². The van der Waals surface area contributed by atoms with Gasteiger partial charge < -0.3 is 20.9 Å². The monoisotopic (exact) mass is 427 g/mol. The van der Waals surface area contributed by atoms with Gasteiger partial charge in [-0.05, 0) is 6.42 Å². The number of rotatable bonds is 12. The molecular formula is C19H33N5O4S+2. The maximum atomic E-state index is 12.1. The second-order valence-corrected chi connectivity index (χ2v) is 8.33. The average molecular weight is 428 g/mol. The van der Waals surface area contributed by atoms with Crippen molar-refractivity contribution >= 4 is 29.2 Å². The second kappa shape index (κ2) is 11.2. The van der Waals surface area contributed by atoms with Crippen LogP contribution in [0.3, 0.4) is 0 Å². The Morgan fingerprint density at radius 2 is 2.14 bits per heavy atom. The number of carbonyl (C=O) groups is 2. The maximum Gasteiger partial charge on any atom is 0.369 e. The van der Waals surface area contributed by atoms with Crippen LogP contribution in [-0.4, -0.2) is 64.6 Å². The van der Waals surface area contributed by atoms with E-state index in [-0.39, 0.29) is 13.2 Å². The van der Waals surface area contributed by atoms with Gasteiger partial charge in [0.1, 0.15) is 12.2 Å². The minimum Gasteiger partial charge on any atom is -0.475 e. The molecule has 1 aliphatic heterocycles. The van der Waals surface area contributed by atoms with E-state index in [0.29, 0.717) is 23.5 Å². The van der Waals surface area contributed by atoms with Crippen molar-refractivity contribution in [3.63, 3.8) is 0 Å². The van der Waals surface area contributed by atoms with Crippen LogP contribution in [-0.2, 0) is 14.3 Å². The third-order valence-electron chi connectivity index (χ3n) is 4.91. The first-order valence-corrected chi connectivity index (χ1v) is 10.8. The Morgan fingerprint density at radius 3 is 2.86 bits per heavy atom. The molecule has 0 saturated heterocycles. The predicted octanol–water partition coefficient (Wildman–Crippen LogP) is 0.718. The fourth-order valence-electron chi connectivity index (χ4n) is 3.22. The summed E-state index contributed by atoms with van der Waals surface area (Å²) in [5.74, 6) is -0.489. The number of nitrogens with zero attached hydrogens (tertiary/aromatic N) is 3. The lowest BCUT2D eigenvalue weighted by atomic mass is 10.1. The molecule has 10 heteroatoms. The molecule has 2 atom stereocenters. The Labute approximate surface area is 176 Å². The van der Waals surface area contributed by atoms with Crippen molar-refractivity contribution in [2.45, 2.75) is 51.5 Å². The summed E-state index contributed by atoms with van der Waals surface area (Å²) in [6.45, 7) is 4.51. The predicted molar refractivity (Wildman–Crippen MR) is 110 cm³/mol. The molecular weight excluding hydrogens is 394 g/mol. The third kappa shape index (κ3) is 7.37. The molecule has 9 nitrogen and oxygen atoms in total. The second-order valence-electron chi connectivity index (χ2n) is 7.81. The molecule has 0 radical (unpaired) electrons. The summed E-state index contributed by atoms with van der Waals surface area (Å²) in [6, 6.07) is -0.783. The van der Waals surface area contributed by atoms with Gasteiger partial charge in [-0.2, -0.15) is 4.37 Å². The highest BCUT2D eigenvalue weighted by molar-refractivity contribution is 6.99. The normalized spacial score (nSPS) is 20.0. The number of unbranched alkanes of at least 4 members (excludes halogenated alkanes) is 3. The molecule has 0 fully saturated rings. The first-order chi connectivity index (χ1) is 13.8. The van der Waals surface area contributed by atoms with Gasteiger partial charge in [0.05, 0.1) is 38.3 Å². The zero-order chi connectivity index (χ0) is 21.3. The summed E-state index contributed by atoms with van der Waals surface area (Å²) in [7, 11) is 2.03. The van der Waals surface area contributed by atoms with E-state index in [1.54, 1.807) is 0 Å². The van der Waals surface area contributed by atoms with E-state index in [2.05, 4.69) is 27.5 Å². The molecule has 1 aromatic heterocycles. The van der Waals surface area contributed by atoms with Gasteiger partial charge in [0.15, 0.2) is 6.04 Å². The molecule has 1 unspecified atom stereocenters. The molecule has 1 aromatic rings. The van der Waals surface area contributed by atoms with Crippen molar-refractivity contribution in [3.8, 4) is 5.88 Å². The zero-order valence-corrected chi connectivity index (χ0v) is 18.2. The van der Waals surface area contributed by atoms with Gasteiger partial charge in [0, 0.05) is 12.0 Å². The van der Waals surface area contributed by atoms with Crippen LogP contribution in [0.2, 0.25) is 0 Å². The molecule has 0 bridgehead atoms. The Kier molecular flexibility index (Phi) is 8.99. The van der Waals surface area contributed by atoms with Gasteiger partial charge in [-0.25, -0.2) is 4.79 Å². The Balaban J connectivity index is 1.91. The van der Waals surface area contributed by atoms with Crippen LogP contribution in [0.25, 0.3) is 5.57 Å². The minimum absolute atomic E-state index is 0.114. The number of quaternary nitrogens is 2. The summed E-state index contributed by atoms with van der Waals surface area (Å²) in [6.07, 6.45) is 7.43. The minimum atomic E-state index is -0.783. The summed E-state index contributed by atoms with van der Waals surface area (Å²) in [4.78, 5) is 23.0. The molecule has 1 aliphatic rings. The largest absolute Gasteiger partial charge is 0.475 e. The number of hydrogen-bond acceptors (Lipinski definition) is 7. The fraction of sp³-hybridized carbons (Fsp3) is 0.684. The zero-order valence-electron chi connectivity index (χ0n) is 17.4. The van der Waals surface area contributed by atoms with E-state index < -0.39 is 17.9 Å². The number of primary amides is 1. The molecule has 2 heterocycles. The lowest BCUT2D eigenvalue weighted by Crippen LogP contribution is -2.66. The van der Waals surface area contributed by atoms with E-state index in [9.17, 15) is 9.59 Å². The number of nitrogens with two attached hydrogens (primary N) is 1. The highest BCUT2D eigenvalue weighted by Crippen LogP contribution is 2.30. The van der Waals surface area contributed by atoms with Crippen LogP contribution >= 0.6 is 11.7 Å². The highest BCUT2D eigenvalue weighted by Gasteiger charge is 2.32. The number of esters is 1. The van der Waals surface area contributed by atoms with Gasteiger partial charge in [-0.1, -0.05) is 32.3 Å². The SMILES string of the molecule is CCCCCCOc1nsnc1C1=CCC[N+](C)(COC(=O)[C@@H]([NH3+])CC(N)=O)C1. The van der Waals surface area contributed by atoms with Crippen molar-refractivity contribution in [3.05, 3.63) is 11.8 Å². The van der Waals surface area contributed by atoms with E-state index >= 15 is 0 Å². The van der Waals surface area contributed by atoms with Gasteiger partial charge >= 0.3 is 5.97 Å². The summed E-state index contributed by atoms with van der Waals surface area (Å²) in [5.41, 5.74) is 10.6. The van der Waals surface area contributed by atoms with Crippen LogP contribution in [0, 0.1) is 0 Å². The van der Waals surface area contributed by atoms with Gasteiger partial charge in [-0.3, -0.25) is 9.28 Å². The quantitative estimate of drug-likeness (QED) is 0.287. The topological polar surface area (TPSA) is 132 Å². The highest BCUT2D eigenvalue weighted by atomic mass is 32.1. The Bertz CT molecular complexity index is 723. The summed E-state index contributed by atoms with van der Waals surface area (Å²) >= 11 is 1.15. The van der Waals surface area contributed by atoms with E-state index in [0.717, 1.165) is 48.8 Å². The first-order valence-electron chi connectivity index (χ1n) is 10.1. The van der Waals surface area contributed by atoms with Crippen molar-refractivity contribution in [1.82, 2.24) is 8.75 Å². The molecule has 0 aromatic carbocycles. The number of hydrogen-bond donors (Lipinski definition) is 2. The molecule has 162 valence electrons. The standard InChI is InChI=1S/C19H31N5O4S/c1-3-4-5-6-10-27-18-17(22-29-23-18)14-8-7-9-24(2,12-14)13-28-19(26)15(20)11-16(21)25/h8,15H,3-7,9-13,20H2,1-2H3,(H-,21,25)/p+2/t15-,24?/m0/s1. The smallest absolute Gasteiger partial charge is 0.369 e. The fourth-order valence-corrected chi connectivity index (χ4v) is 3.75. The molecule has 5 N–H and O–H groups in total. The number of likely N-dealkylation sites (N-methyl/N-ethyl adjacent to an activating group) is 1. The van der Waals surface area contributed by atoms with Gasteiger partial charge in [0.25, 0.3) is 5.88 Å². The summed E-state index contributed by atoms with van der Waals surface area (Å²) in [5, 5.41) is 0. The average Bonchev–Trinajstić information content (AvgIpc) is 3.14. The lowest BCUT2D eigenvalue weighted by molar-refractivity contribution is -0.919. The summed E-state index contributed by atoms with van der Waals surface area (Å²) < 4.78 is 20.5. The number of carbonyl (C=O) groups excluding carboxylic acids is 2. The van der Waals surface area contributed by atoms with Gasteiger partial charge in [0.2, 0.25) is 12.6 Å². The van der Waals surface area contributed by atoms with Crippen molar-refractivity contribution < 1.29 is 29.3 Å².